The van der Waals surface area contributed by atoms with Gasteiger partial charge in [0.1, 0.15) is 0 Å². The van der Waals surface area contributed by atoms with E-state index in [1.54, 1.807) is 0 Å². The lowest BCUT2D eigenvalue weighted by molar-refractivity contribution is -0.0619. The van der Waals surface area contributed by atoms with Gasteiger partial charge in [0.25, 0.3) is 0 Å². The fourth-order valence-corrected chi connectivity index (χ4v) is 3.28. The minimum Gasteiger partial charge on any atom is -0.378 e. The van der Waals surface area contributed by atoms with E-state index in [4.69, 9.17) is 4.74 Å². The third-order valence-electron chi connectivity index (χ3n) is 4.62. The van der Waals surface area contributed by atoms with Crippen molar-refractivity contribution in [2.75, 3.05) is 19.8 Å². The van der Waals surface area contributed by atoms with Crippen LogP contribution in [0.5, 0.6) is 0 Å². The Morgan fingerprint density at radius 2 is 1.86 bits per heavy atom. The monoisotopic (exact) mass is 299 g/mol. The molecule has 0 aromatic carbocycles. The molecule has 0 spiro atoms. The van der Waals surface area contributed by atoms with Gasteiger partial charge in [-0.3, -0.25) is 4.90 Å². The van der Waals surface area contributed by atoms with Crippen LogP contribution < -0.4 is 0 Å². The largest absolute Gasteiger partial charge is 0.378 e. The average molecular weight is 299 g/mol. The molecule has 1 atom stereocenters. The number of morpholine rings is 1. The molecule has 2 heteroatoms. The van der Waals surface area contributed by atoms with Crippen molar-refractivity contribution in [3.05, 3.63) is 59.8 Å². The summed E-state index contributed by atoms with van der Waals surface area (Å²) >= 11 is 0. The zero-order chi connectivity index (χ0) is 16.3. The van der Waals surface area contributed by atoms with Crippen LogP contribution in [-0.4, -0.2) is 36.2 Å². The molecule has 1 aliphatic heterocycles. The first kappa shape index (κ1) is 17.0. The number of rotatable bonds is 4. The van der Waals surface area contributed by atoms with Crippen molar-refractivity contribution in [2.45, 2.75) is 45.7 Å². The Kier molecular flexibility index (Phi) is 5.25. The van der Waals surface area contributed by atoms with Gasteiger partial charge in [-0.05, 0) is 50.8 Å². The normalized spacial score (nSPS) is 23.3. The highest BCUT2D eigenvalue weighted by Crippen LogP contribution is 2.31. The Bertz CT molecular complexity index is 548. The van der Waals surface area contributed by atoms with Crippen molar-refractivity contribution < 1.29 is 4.74 Å². The summed E-state index contributed by atoms with van der Waals surface area (Å²) in [5, 5.41) is 0. The maximum atomic E-state index is 5.65. The van der Waals surface area contributed by atoms with Gasteiger partial charge in [-0.2, -0.15) is 0 Å². The first-order chi connectivity index (χ1) is 10.3. The van der Waals surface area contributed by atoms with Gasteiger partial charge in [0.2, 0.25) is 0 Å². The second-order valence-corrected chi connectivity index (χ2v) is 6.91. The van der Waals surface area contributed by atoms with Crippen molar-refractivity contribution in [1.82, 2.24) is 4.90 Å². The summed E-state index contributed by atoms with van der Waals surface area (Å²) in [6.45, 7) is 19.9. The highest BCUT2D eigenvalue weighted by molar-refractivity contribution is 5.55. The zero-order valence-electron chi connectivity index (χ0n) is 14.5. The third kappa shape index (κ3) is 3.50. The summed E-state index contributed by atoms with van der Waals surface area (Å²) in [4.78, 5) is 2.50. The molecule has 1 fully saturated rings. The number of nitrogens with zero attached hydrogens (tertiary/aromatic N) is 1. The smallest absolute Gasteiger partial charge is 0.0645 e. The van der Waals surface area contributed by atoms with Crippen LogP contribution in [-0.2, 0) is 4.74 Å². The summed E-state index contributed by atoms with van der Waals surface area (Å²) in [6.07, 6.45) is 9.73. The van der Waals surface area contributed by atoms with Crippen LogP contribution >= 0.6 is 0 Å². The van der Waals surface area contributed by atoms with Gasteiger partial charge in [0, 0.05) is 18.1 Å². The fourth-order valence-electron chi connectivity index (χ4n) is 3.28. The molecule has 1 unspecified atom stereocenters. The third-order valence-corrected chi connectivity index (χ3v) is 4.62. The van der Waals surface area contributed by atoms with Gasteiger partial charge in [0.15, 0.2) is 0 Å². The lowest BCUT2D eigenvalue weighted by Gasteiger charge is -2.46. The number of ether oxygens (including phenoxy) is 1. The Hall–Kier alpha value is -1.38. The molecule has 1 saturated heterocycles. The number of hydrogen-bond donors (Lipinski definition) is 0. The number of hydrogen-bond acceptors (Lipinski definition) is 2. The zero-order valence-corrected chi connectivity index (χ0v) is 14.5. The maximum Gasteiger partial charge on any atom is 0.0645 e. The molecule has 2 aliphatic rings. The summed E-state index contributed by atoms with van der Waals surface area (Å²) in [5.41, 5.74) is 4.71. The van der Waals surface area contributed by atoms with E-state index < -0.39 is 0 Å². The summed E-state index contributed by atoms with van der Waals surface area (Å²) in [6, 6.07) is 0.277. The first-order valence-corrected chi connectivity index (χ1v) is 8.11. The van der Waals surface area contributed by atoms with E-state index in [0.717, 1.165) is 37.3 Å². The van der Waals surface area contributed by atoms with Crippen molar-refractivity contribution in [1.29, 1.82) is 0 Å². The van der Waals surface area contributed by atoms with Crippen LogP contribution in [0, 0.1) is 0 Å². The molecule has 2 nitrogen and oxygen atoms in total. The Morgan fingerprint density at radius 3 is 2.45 bits per heavy atom. The van der Waals surface area contributed by atoms with E-state index in [9.17, 15) is 0 Å². The van der Waals surface area contributed by atoms with Gasteiger partial charge in [-0.1, -0.05) is 43.0 Å². The predicted octanol–water partition coefficient (Wildman–Crippen LogP) is 4.43. The molecule has 120 valence electrons. The topological polar surface area (TPSA) is 12.5 Å². The van der Waals surface area contributed by atoms with Gasteiger partial charge in [0.05, 0.1) is 13.2 Å². The molecular formula is C20H29NO. The van der Waals surface area contributed by atoms with Gasteiger partial charge in [-0.15, -0.1) is 0 Å². The lowest BCUT2D eigenvalue weighted by Crippen LogP contribution is -2.56. The first-order valence-electron chi connectivity index (χ1n) is 8.11. The predicted molar refractivity (Wildman–Crippen MR) is 94.9 cm³/mol. The van der Waals surface area contributed by atoms with Crippen molar-refractivity contribution >= 4 is 0 Å². The second kappa shape index (κ2) is 6.80. The van der Waals surface area contributed by atoms with Crippen LogP contribution in [0.25, 0.3) is 0 Å². The summed E-state index contributed by atoms with van der Waals surface area (Å²) < 4.78 is 5.65. The minimum absolute atomic E-state index is 0.0365. The molecule has 22 heavy (non-hydrogen) atoms. The Labute approximate surface area is 135 Å². The van der Waals surface area contributed by atoms with E-state index >= 15 is 0 Å². The van der Waals surface area contributed by atoms with Crippen LogP contribution in [0.4, 0.5) is 0 Å². The molecule has 1 heterocycles. The summed E-state index contributed by atoms with van der Waals surface area (Å²) in [5.74, 6) is 0. The maximum absolute atomic E-state index is 5.65. The molecular weight excluding hydrogens is 270 g/mol. The highest BCUT2D eigenvalue weighted by Gasteiger charge is 2.35. The molecule has 0 amide bonds. The fraction of sp³-hybridized carbons (Fsp3) is 0.500. The molecule has 0 saturated carbocycles. The standard InChI is InChI=1S/C20H29NO/c1-15(2)18-10-8-7-9-11-19(18)16(3)17(4)21-12-13-22-14-20(21,5)6/h8-11,17H,1,3,7,12-14H2,2,4-6H3. The van der Waals surface area contributed by atoms with Crippen molar-refractivity contribution in [3.63, 3.8) is 0 Å². The minimum atomic E-state index is 0.0365. The van der Waals surface area contributed by atoms with Crippen molar-refractivity contribution in [2.24, 2.45) is 0 Å². The van der Waals surface area contributed by atoms with E-state index in [0.29, 0.717) is 0 Å². The summed E-state index contributed by atoms with van der Waals surface area (Å²) in [7, 11) is 0. The Balaban J connectivity index is 2.32. The molecule has 0 N–H and O–H groups in total. The number of allylic oxidation sites excluding steroid dienone is 6. The van der Waals surface area contributed by atoms with E-state index in [2.05, 4.69) is 70.1 Å². The van der Waals surface area contributed by atoms with Crippen LogP contribution in [0.1, 0.15) is 34.1 Å². The van der Waals surface area contributed by atoms with Gasteiger partial charge >= 0.3 is 0 Å². The lowest BCUT2D eigenvalue weighted by atomic mass is 9.89. The van der Waals surface area contributed by atoms with E-state index in [1.807, 2.05) is 0 Å². The molecule has 0 aromatic heterocycles. The molecule has 0 bridgehead atoms. The van der Waals surface area contributed by atoms with Crippen LogP contribution in [0.2, 0.25) is 0 Å². The Morgan fingerprint density at radius 1 is 1.23 bits per heavy atom. The average Bonchev–Trinajstić information content (AvgIpc) is 2.71. The van der Waals surface area contributed by atoms with E-state index in [-0.39, 0.29) is 11.6 Å². The molecule has 0 aromatic rings. The second-order valence-electron chi connectivity index (χ2n) is 6.91. The molecule has 2 rings (SSSR count). The SMILES string of the molecule is C=C(C)C1=C(C(=C)C(C)N2CCOCC2(C)C)C=CCC=C1. The van der Waals surface area contributed by atoms with Crippen LogP contribution in [0.15, 0.2) is 59.8 Å². The van der Waals surface area contributed by atoms with Crippen LogP contribution in [0.3, 0.4) is 0 Å². The molecule has 1 aliphatic carbocycles. The van der Waals surface area contributed by atoms with Gasteiger partial charge < -0.3 is 4.74 Å². The highest BCUT2D eigenvalue weighted by atomic mass is 16.5. The van der Waals surface area contributed by atoms with Gasteiger partial charge in [-0.25, -0.2) is 0 Å². The van der Waals surface area contributed by atoms with E-state index in [1.165, 1.54) is 11.1 Å². The van der Waals surface area contributed by atoms with Crippen molar-refractivity contribution in [3.8, 4) is 0 Å². The quantitative estimate of drug-likeness (QED) is 0.761. The molecule has 0 radical (unpaired) electrons.